The molecule has 0 radical (unpaired) electrons. The van der Waals surface area contributed by atoms with E-state index in [1.54, 1.807) is 36.8 Å². The van der Waals surface area contributed by atoms with Crippen molar-refractivity contribution in [3.8, 4) is 11.5 Å². The van der Waals surface area contributed by atoms with E-state index in [9.17, 15) is 8.42 Å². The van der Waals surface area contributed by atoms with E-state index >= 15 is 0 Å². The number of ether oxygens (including phenoxy) is 2. The SMILES string of the molecule is COc1ccccc1OCCNS(=O)(=O)c1cccs1. The van der Waals surface area contributed by atoms with Crippen molar-refractivity contribution in [1.82, 2.24) is 4.72 Å². The molecule has 0 atom stereocenters. The number of methoxy groups -OCH3 is 1. The van der Waals surface area contributed by atoms with Crippen molar-refractivity contribution in [2.24, 2.45) is 0 Å². The Morgan fingerprint density at radius 3 is 2.55 bits per heavy atom. The minimum atomic E-state index is -3.43. The average molecular weight is 313 g/mol. The van der Waals surface area contributed by atoms with Gasteiger partial charge in [0.15, 0.2) is 11.5 Å². The number of benzene rings is 1. The van der Waals surface area contributed by atoms with Crippen LogP contribution in [0.5, 0.6) is 11.5 Å². The summed E-state index contributed by atoms with van der Waals surface area (Å²) < 4.78 is 37.1. The van der Waals surface area contributed by atoms with Crippen LogP contribution in [0, 0.1) is 0 Å². The van der Waals surface area contributed by atoms with Gasteiger partial charge in [-0.1, -0.05) is 18.2 Å². The maximum absolute atomic E-state index is 11.8. The molecule has 1 aromatic carbocycles. The summed E-state index contributed by atoms with van der Waals surface area (Å²) in [6.07, 6.45) is 0. The minimum absolute atomic E-state index is 0.193. The van der Waals surface area contributed by atoms with Gasteiger partial charge in [0.2, 0.25) is 10.0 Å². The predicted molar refractivity (Wildman–Crippen MR) is 78.0 cm³/mol. The fourth-order valence-electron chi connectivity index (χ4n) is 1.56. The summed E-state index contributed by atoms with van der Waals surface area (Å²) in [7, 11) is -1.87. The van der Waals surface area contributed by atoms with Crippen molar-refractivity contribution >= 4 is 21.4 Å². The Hall–Kier alpha value is -1.57. The zero-order valence-electron chi connectivity index (χ0n) is 10.9. The first-order valence-corrected chi connectivity index (χ1v) is 8.29. The molecular weight excluding hydrogens is 298 g/mol. The summed E-state index contributed by atoms with van der Waals surface area (Å²) in [5.74, 6) is 1.21. The van der Waals surface area contributed by atoms with Gasteiger partial charge in [-0.3, -0.25) is 0 Å². The van der Waals surface area contributed by atoms with Gasteiger partial charge >= 0.3 is 0 Å². The van der Waals surface area contributed by atoms with E-state index in [-0.39, 0.29) is 13.2 Å². The second-order valence-electron chi connectivity index (χ2n) is 3.83. The zero-order chi connectivity index (χ0) is 14.4. The highest BCUT2D eigenvalue weighted by Crippen LogP contribution is 2.25. The average Bonchev–Trinajstić information content (AvgIpc) is 2.99. The van der Waals surface area contributed by atoms with E-state index < -0.39 is 10.0 Å². The molecular formula is C13H15NO4S2. The maximum atomic E-state index is 11.8. The van der Waals surface area contributed by atoms with E-state index in [0.29, 0.717) is 15.7 Å². The normalized spacial score (nSPS) is 11.2. The summed E-state index contributed by atoms with van der Waals surface area (Å²) in [6.45, 7) is 0.420. The van der Waals surface area contributed by atoms with E-state index in [4.69, 9.17) is 9.47 Å². The third-order valence-corrected chi connectivity index (χ3v) is 5.34. The molecule has 2 rings (SSSR count). The minimum Gasteiger partial charge on any atom is -0.493 e. The number of para-hydroxylation sites is 2. The van der Waals surface area contributed by atoms with E-state index in [2.05, 4.69) is 4.72 Å². The number of nitrogens with one attached hydrogen (secondary N) is 1. The molecule has 1 aromatic heterocycles. The van der Waals surface area contributed by atoms with Crippen LogP contribution in [0.4, 0.5) is 0 Å². The van der Waals surface area contributed by atoms with Crippen molar-refractivity contribution in [1.29, 1.82) is 0 Å². The molecule has 1 heterocycles. The highest BCUT2D eigenvalue weighted by molar-refractivity contribution is 7.91. The molecule has 0 amide bonds. The Morgan fingerprint density at radius 1 is 1.15 bits per heavy atom. The topological polar surface area (TPSA) is 64.6 Å². The number of hydrogen-bond acceptors (Lipinski definition) is 5. The molecule has 2 aromatic rings. The smallest absolute Gasteiger partial charge is 0.250 e. The molecule has 0 spiro atoms. The Balaban J connectivity index is 1.85. The standard InChI is InChI=1S/C13H15NO4S2/c1-17-11-5-2-3-6-12(11)18-9-8-14-20(15,16)13-7-4-10-19-13/h2-7,10,14H,8-9H2,1H3. The lowest BCUT2D eigenvalue weighted by Gasteiger charge is -2.10. The molecule has 0 saturated carbocycles. The highest BCUT2D eigenvalue weighted by Gasteiger charge is 2.14. The van der Waals surface area contributed by atoms with E-state index in [0.717, 1.165) is 0 Å². The molecule has 0 aliphatic rings. The molecule has 0 unspecified atom stereocenters. The fraction of sp³-hybridized carbons (Fsp3) is 0.231. The lowest BCUT2D eigenvalue weighted by molar-refractivity contribution is 0.299. The van der Waals surface area contributed by atoms with Gasteiger partial charge in [0, 0.05) is 6.54 Å². The van der Waals surface area contributed by atoms with Crippen molar-refractivity contribution < 1.29 is 17.9 Å². The molecule has 1 N–H and O–H groups in total. The van der Waals surface area contributed by atoms with Gasteiger partial charge in [0.25, 0.3) is 0 Å². The molecule has 7 heteroatoms. The van der Waals surface area contributed by atoms with Crippen molar-refractivity contribution in [3.63, 3.8) is 0 Å². The second-order valence-corrected chi connectivity index (χ2v) is 6.77. The Morgan fingerprint density at radius 2 is 1.90 bits per heavy atom. The monoisotopic (exact) mass is 313 g/mol. The lowest BCUT2D eigenvalue weighted by Crippen LogP contribution is -2.27. The summed E-state index contributed by atoms with van der Waals surface area (Å²) >= 11 is 1.18. The summed E-state index contributed by atoms with van der Waals surface area (Å²) in [4.78, 5) is 0. The largest absolute Gasteiger partial charge is 0.493 e. The molecule has 0 fully saturated rings. The van der Waals surface area contributed by atoms with Crippen LogP contribution in [0.2, 0.25) is 0 Å². The van der Waals surface area contributed by atoms with Gasteiger partial charge in [-0.25, -0.2) is 13.1 Å². The third-order valence-electron chi connectivity index (χ3n) is 2.48. The van der Waals surface area contributed by atoms with Gasteiger partial charge in [-0.15, -0.1) is 11.3 Å². The van der Waals surface area contributed by atoms with Crippen molar-refractivity contribution in [3.05, 3.63) is 41.8 Å². The van der Waals surface area contributed by atoms with Crippen LogP contribution < -0.4 is 14.2 Å². The first-order chi connectivity index (χ1) is 9.63. The van der Waals surface area contributed by atoms with Crippen LogP contribution in [0.1, 0.15) is 0 Å². The maximum Gasteiger partial charge on any atom is 0.250 e. The van der Waals surface area contributed by atoms with Crippen molar-refractivity contribution in [2.75, 3.05) is 20.3 Å². The van der Waals surface area contributed by atoms with Gasteiger partial charge in [0.05, 0.1) is 7.11 Å². The van der Waals surface area contributed by atoms with E-state index in [1.165, 1.54) is 11.3 Å². The molecule has 5 nitrogen and oxygen atoms in total. The van der Waals surface area contributed by atoms with Crippen molar-refractivity contribution in [2.45, 2.75) is 4.21 Å². The summed E-state index contributed by atoms with van der Waals surface area (Å²) in [6, 6.07) is 10.5. The predicted octanol–water partition coefficient (Wildman–Crippen LogP) is 2.11. The zero-order valence-corrected chi connectivity index (χ0v) is 12.5. The van der Waals surface area contributed by atoms with Gasteiger partial charge < -0.3 is 9.47 Å². The summed E-state index contributed by atoms with van der Waals surface area (Å²) in [5.41, 5.74) is 0. The molecule has 0 saturated heterocycles. The summed E-state index contributed by atoms with van der Waals surface area (Å²) in [5, 5.41) is 1.72. The molecule has 0 bridgehead atoms. The molecule has 0 aliphatic heterocycles. The fourth-order valence-corrected chi connectivity index (χ4v) is 3.61. The molecule has 108 valence electrons. The Kier molecular flexibility index (Phi) is 4.99. The highest BCUT2D eigenvalue weighted by atomic mass is 32.2. The molecule has 0 aliphatic carbocycles. The van der Waals surface area contributed by atoms with Crippen LogP contribution in [0.3, 0.4) is 0 Å². The first-order valence-electron chi connectivity index (χ1n) is 5.92. The third kappa shape index (κ3) is 3.72. The van der Waals surface area contributed by atoms with Crippen LogP contribution in [-0.4, -0.2) is 28.7 Å². The molecule has 20 heavy (non-hydrogen) atoms. The van der Waals surface area contributed by atoms with Gasteiger partial charge in [-0.05, 0) is 23.6 Å². The quantitative estimate of drug-likeness (QED) is 0.795. The number of sulfonamides is 1. The van der Waals surface area contributed by atoms with Crippen LogP contribution in [0.15, 0.2) is 46.0 Å². The Bertz CT molecular complexity index is 638. The Labute approximate surface area is 122 Å². The van der Waals surface area contributed by atoms with Crippen LogP contribution in [-0.2, 0) is 10.0 Å². The first kappa shape index (κ1) is 14.8. The van der Waals surface area contributed by atoms with Crippen LogP contribution in [0.25, 0.3) is 0 Å². The number of hydrogen-bond donors (Lipinski definition) is 1. The van der Waals surface area contributed by atoms with E-state index in [1.807, 2.05) is 12.1 Å². The van der Waals surface area contributed by atoms with Gasteiger partial charge in [0.1, 0.15) is 10.8 Å². The number of thiophene rings is 1. The van der Waals surface area contributed by atoms with Crippen LogP contribution >= 0.6 is 11.3 Å². The van der Waals surface area contributed by atoms with Gasteiger partial charge in [-0.2, -0.15) is 0 Å². The second kappa shape index (κ2) is 6.74. The number of rotatable bonds is 7. The lowest BCUT2D eigenvalue weighted by atomic mass is 10.3.